The van der Waals surface area contributed by atoms with Gasteiger partial charge in [0.05, 0.1) is 0 Å². The second-order valence-corrected chi connectivity index (χ2v) is 3.59. The molecule has 0 spiro atoms. The van der Waals surface area contributed by atoms with Crippen molar-refractivity contribution in [1.29, 1.82) is 0 Å². The van der Waals surface area contributed by atoms with Gasteiger partial charge in [-0.2, -0.15) is 0 Å². The largest absolute Gasteiger partial charge is 0.264 e. The molecule has 0 aliphatic heterocycles. The summed E-state index contributed by atoms with van der Waals surface area (Å²) in [4.78, 5) is 10.7. The molecule has 3 heteroatoms. The van der Waals surface area contributed by atoms with E-state index < -0.39 is 5.54 Å². The molecule has 0 heterocycles. The molecule has 0 fully saturated rings. The maximum absolute atomic E-state index is 10.8. The highest BCUT2D eigenvalue weighted by Crippen LogP contribution is 2.32. The summed E-state index contributed by atoms with van der Waals surface area (Å²) in [5, 5.41) is 10.8. The normalized spacial score (nSPS) is 29.7. The zero-order valence-corrected chi connectivity index (χ0v) is 7.67. The van der Waals surface area contributed by atoms with Gasteiger partial charge in [0, 0.05) is 24.2 Å². The summed E-state index contributed by atoms with van der Waals surface area (Å²) in [5.74, 6) is 0. The Morgan fingerprint density at radius 1 is 1.75 bits per heavy atom. The van der Waals surface area contributed by atoms with Crippen molar-refractivity contribution in [3.8, 4) is 0 Å². The molecule has 68 valence electrons. The second kappa shape index (κ2) is 3.25. The van der Waals surface area contributed by atoms with Gasteiger partial charge in [0.15, 0.2) is 0 Å². The van der Waals surface area contributed by atoms with E-state index in [4.69, 9.17) is 0 Å². The predicted octanol–water partition coefficient (Wildman–Crippen LogP) is 2.54. The van der Waals surface area contributed by atoms with Crippen LogP contribution >= 0.6 is 0 Å². The maximum Gasteiger partial charge on any atom is 0.225 e. The molecule has 12 heavy (non-hydrogen) atoms. The molecule has 1 aliphatic rings. The third-order valence-electron chi connectivity index (χ3n) is 2.86. The summed E-state index contributed by atoms with van der Waals surface area (Å²) >= 11 is 0. The van der Waals surface area contributed by atoms with Gasteiger partial charge in [0.2, 0.25) is 5.54 Å². The molecule has 0 aromatic carbocycles. The average Bonchev–Trinajstić information content (AvgIpc) is 2.06. The second-order valence-electron chi connectivity index (χ2n) is 3.59. The SMILES string of the molecule is CCC1([N+](=O)[O-])CC=C(C)CC1. The van der Waals surface area contributed by atoms with E-state index in [0.717, 1.165) is 6.42 Å². The summed E-state index contributed by atoms with van der Waals surface area (Å²) in [7, 11) is 0. The summed E-state index contributed by atoms with van der Waals surface area (Å²) in [6.07, 6.45) is 4.86. The van der Waals surface area contributed by atoms with Crippen molar-refractivity contribution in [2.75, 3.05) is 0 Å². The Morgan fingerprint density at radius 3 is 2.75 bits per heavy atom. The van der Waals surface area contributed by atoms with Crippen molar-refractivity contribution in [3.05, 3.63) is 21.8 Å². The Hall–Kier alpha value is -0.860. The minimum absolute atomic E-state index is 0.101. The number of rotatable bonds is 2. The van der Waals surface area contributed by atoms with E-state index in [9.17, 15) is 10.1 Å². The van der Waals surface area contributed by atoms with Gasteiger partial charge in [0.25, 0.3) is 0 Å². The molecular formula is C9H15NO2. The molecule has 0 aromatic rings. The number of hydrogen-bond donors (Lipinski definition) is 0. The van der Waals surface area contributed by atoms with Crippen molar-refractivity contribution in [1.82, 2.24) is 0 Å². The zero-order valence-electron chi connectivity index (χ0n) is 7.67. The van der Waals surface area contributed by atoms with E-state index in [1.54, 1.807) is 0 Å². The van der Waals surface area contributed by atoms with E-state index in [1.165, 1.54) is 5.57 Å². The molecule has 0 aromatic heterocycles. The van der Waals surface area contributed by atoms with Crippen LogP contribution in [0.2, 0.25) is 0 Å². The van der Waals surface area contributed by atoms with Crippen molar-refractivity contribution in [2.45, 2.75) is 45.1 Å². The molecule has 3 nitrogen and oxygen atoms in total. The molecular weight excluding hydrogens is 154 g/mol. The molecule has 0 bridgehead atoms. The first-order chi connectivity index (χ1) is 5.60. The fourth-order valence-electron chi connectivity index (χ4n) is 1.61. The Kier molecular flexibility index (Phi) is 2.50. The van der Waals surface area contributed by atoms with Gasteiger partial charge in [-0.3, -0.25) is 10.1 Å². The van der Waals surface area contributed by atoms with Crippen molar-refractivity contribution in [3.63, 3.8) is 0 Å². The fourth-order valence-corrected chi connectivity index (χ4v) is 1.61. The van der Waals surface area contributed by atoms with Crippen LogP contribution in [0, 0.1) is 10.1 Å². The van der Waals surface area contributed by atoms with Crippen LogP contribution in [0.3, 0.4) is 0 Å². The van der Waals surface area contributed by atoms with Gasteiger partial charge in [-0.05, 0) is 13.3 Å². The molecule has 1 aliphatic carbocycles. The Bertz CT molecular complexity index is 223. The van der Waals surface area contributed by atoms with Crippen LogP contribution in [0.4, 0.5) is 0 Å². The highest BCUT2D eigenvalue weighted by atomic mass is 16.6. The lowest BCUT2D eigenvalue weighted by Gasteiger charge is -2.26. The van der Waals surface area contributed by atoms with E-state index >= 15 is 0 Å². The topological polar surface area (TPSA) is 43.1 Å². The lowest BCUT2D eigenvalue weighted by molar-refractivity contribution is -0.571. The monoisotopic (exact) mass is 169 g/mol. The highest BCUT2D eigenvalue weighted by Gasteiger charge is 2.40. The molecule has 1 atom stereocenters. The highest BCUT2D eigenvalue weighted by molar-refractivity contribution is 5.07. The quantitative estimate of drug-likeness (QED) is 0.362. The van der Waals surface area contributed by atoms with Crippen LogP contribution in [0.5, 0.6) is 0 Å². The zero-order chi connectivity index (χ0) is 9.19. The van der Waals surface area contributed by atoms with E-state index in [1.807, 2.05) is 19.9 Å². The van der Waals surface area contributed by atoms with Crippen LogP contribution in [-0.2, 0) is 0 Å². The van der Waals surface area contributed by atoms with Gasteiger partial charge < -0.3 is 0 Å². The van der Waals surface area contributed by atoms with Gasteiger partial charge in [-0.1, -0.05) is 18.6 Å². The third-order valence-corrected chi connectivity index (χ3v) is 2.86. The molecule has 0 saturated heterocycles. The van der Waals surface area contributed by atoms with E-state index in [0.29, 0.717) is 19.3 Å². The number of hydrogen-bond acceptors (Lipinski definition) is 2. The molecule has 0 saturated carbocycles. The van der Waals surface area contributed by atoms with Gasteiger partial charge in [0.1, 0.15) is 0 Å². The van der Waals surface area contributed by atoms with Crippen LogP contribution in [0.15, 0.2) is 11.6 Å². The van der Waals surface area contributed by atoms with Crippen LogP contribution in [0.25, 0.3) is 0 Å². The first kappa shape index (κ1) is 9.23. The van der Waals surface area contributed by atoms with Crippen molar-refractivity contribution >= 4 is 0 Å². The minimum atomic E-state index is -0.653. The summed E-state index contributed by atoms with van der Waals surface area (Å²) in [6, 6.07) is 0. The summed E-state index contributed by atoms with van der Waals surface area (Å²) in [5.41, 5.74) is 0.639. The first-order valence-corrected chi connectivity index (χ1v) is 4.41. The van der Waals surface area contributed by atoms with E-state index in [-0.39, 0.29) is 4.92 Å². The Labute approximate surface area is 72.6 Å². The van der Waals surface area contributed by atoms with Crippen LogP contribution in [-0.4, -0.2) is 10.5 Å². The van der Waals surface area contributed by atoms with E-state index in [2.05, 4.69) is 0 Å². The minimum Gasteiger partial charge on any atom is -0.264 e. The lowest BCUT2D eigenvalue weighted by Crippen LogP contribution is -2.38. The van der Waals surface area contributed by atoms with Crippen molar-refractivity contribution < 1.29 is 4.92 Å². The molecule has 0 radical (unpaired) electrons. The average molecular weight is 169 g/mol. The van der Waals surface area contributed by atoms with Crippen LogP contribution in [0.1, 0.15) is 39.5 Å². The smallest absolute Gasteiger partial charge is 0.225 e. The predicted molar refractivity (Wildman–Crippen MR) is 47.6 cm³/mol. The fraction of sp³-hybridized carbons (Fsp3) is 0.778. The summed E-state index contributed by atoms with van der Waals surface area (Å²) < 4.78 is 0. The van der Waals surface area contributed by atoms with Crippen LogP contribution < -0.4 is 0 Å². The Morgan fingerprint density at radius 2 is 2.42 bits per heavy atom. The number of nitrogens with zero attached hydrogens (tertiary/aromatic N) is 1. The van der Waals surface area contributed by atoms with Crippen molar-refractivity contribution in [2.24, 2.45) is 0 Å². The number of nitro groups is 1. The Balaban J connectivity index is 2.78. The van der Waals surface area contributed by atoms with Gasteiger partial charge >= 0.3 is 0 Å². The summed E-state index contributed by atoms with van der Waals surface area (Å²) in [6.45, 7) is 3.94. The van der Waals surface area contributed by atoms with Gasteiger partial charge in [-0.15, -0.1) is 0 Å². The first-order valence-electron chi connectivity index (χ1n) is 4.41. The van der Waals surface area contributed by atoms with Gasteiger partial charge in [-0.25, -0.2) is 0 Å². The maximum atomic E-state index is 10.8. The lowest BCUT2D eigenvalue weighted by atomic mass is 9.81. The number of allylic oxidation sites excluding steroid dienone is 1. The third kappa shape index (κ3) is 1.49. The standard InChI is InChI=1S/C9H15NO2/c1-3-9(10(11)12)6-4-8(2)5-7-9/h4H,3,5-7H2,1-2H3. The molecule has 1 rings (SSSR count). The molecule has 0 amide bonds. The molecule has 0 N–H and O–H groups in total. The molecule has 1 unspecified atom stereocenters.